The van der Waals surface area contributed by atoms with Crippen molar-refractivity contribution in [3.05, 3.63) is 34.6 Å². The van der Waals surface area contributed by atoms with Gasteiger partial charge in [-0.25, -0.2) is 4.39 Å². The van der Waals surface area contributed by atoms with Gasteiger partial charge in [0.2, 0.25) is 0 Å². The minimum Gasteiger partial charge on any atom is -0.271 e. The lowest BCUT2D eigenvalue weighted by Crippen LogP contribution is -2.38. The Morgan fingerprint density at radius 2 is 2.00 bits per heavy atom. The SMILES string of the molecule is CC(CC(Cc1ccc(Cl)cc1F)NN)CC(C)(C)C. The molecule has 0 radical (unpaired) electrons. The molecule has 2 atom stereocenters. The van der Waals surface area contributed by atoms with Gasteiger partial charge in [-0.15, -0.1) is 0 Å². The highest BCUT2D eigenvalue weighted by molar-refractivity contribution is 6.30. The van der Waals surface area contributed by atoms with Gasteiger partial charge in [-0.3, -0.25) is 11.3 Å². The first kappa shape index (κ1) is 17.4. The Kier molecular flexibility index (Phi) is 6.44. The van der Waals surface area contributed by atoms with Crippen LogP contribution in [0.25, 0.3) is 0 Å². The van der Waals surface area contributed by atoms with Crippen LogP contribution in [0, 0.1) is 17.2 Å². The van der Waals surface area contributed by atoms with Crippen molar-refractivity contribution in [1.82, 2.24) is 5.43 Å². The lowest BCUT2D eigenvalue weighted by Gasteiger charge is -2.26. The number of hydrogen-bond acceptors (Lipinski definition) is 2. The second-order valence-electron chi connectivity index (χ2n) is 6.91. The van der Waals surface area contributed by atoms with E-state index >= 15 is 0 Å². The summed E-state index contributed by atoms with van der Waals surface area (Å²) in [5.41, 5.74) is 3.76. The number of nitrogens with one attached hydrogen (secondary N) is 1. The van der Waals surface area contributed by atoms with E-state index in [0.717, 1.165) is 12.8 Å². The fraction of sp³-hybridized carbons (Fsp3) is 0.625. The zero-order valence-electron chi connectivity index (χ0n) is 12.8. The number of hydrazine groups is 1. The second-order valence-corrected chi connectivity index (χ2v) is 7.35. The highest BCUT2D eigenvalue weighted by Gasteiger charge is 2.19. The first-order valence-corrected chi connectivity index (χ1v) is 7.49. The fourth-order valence-electron chi connectivity index (χ4n) is 2.78. The summed E-state index contributed by atoms with van der Waals surface area (Å²) in [6.07, 6.45) is 2.62. The molecular weight excluding hydrogens is 275 g/mol. The van der Waals surface area contributed by atoms with Crippen LogP contribution >= 0.6 is 11.6 Å². The highest BCUT2D eigenvalue weighted by Crippen LogP contribution is 2.27. The number of halogens is 2. The summed E-state index contributed by atoms with van der Waals surface area (Å²) in [5, 5.41) is 0.421. The van der Waals surface area contributed by atoms with Crippen LogP contribution in [0.15, 0.2) is 18.2 Å². The van der Waals surface area contributed by atoms with E-state index in [2.05, 4.69) is 33.1 Å². The van der Waals surface area contributed by atoms with E-state index in [1.165, 1.54) is 6.07 Å². The molecule has 0 fully saturated rings. The molecule has 1 rings (SSSR count). The molecule has 20 heavy (non-hydrogen) atoms. The zero-order valence-corrected chi connectivity index (χ0v) is 13.6. The third-order valence-corrected chi connectivity index (χ3v) is 3.60. The average molecular weight is 301 g/mol. The van der Waals surface area contributed by atoms with Crippen molar-refractivity contribution in [1.29, 1.82) is 0 Å². The van der Waals surface area contributed by atoms with Crippen LogP contribution in [-0.4, -0.2) is 6.04 Å². The lowest BCUT2D eigenvalue weighted by atomic mass is 9.82. The van der Waals surface area contributed by atoms with Crippen LogP contribution in [0.3, 0.4) is 0 Å². The van der Waals surface area contributed by atoms with Gasteiger partial charge in [0.25, 0.3) is 0 Å². The van der Waals surface area contributed by atoms with Crippen LogP contribution < -0.4 is 11.3 Å². The molecule has 0 aromatic heterocycles. The van der Waals surface area contributed by atoms with Crippen LogP contribution in [0.1, 0.15) is 46.1 Å². The molecule has 1 aromatic carbocycles. The van der Waals surface area contributed by atoms with Gasteiger partial charge < -0.3 is 0 Å². The predicted molar refractivity (Wildman–Crippen MR) is 84.1 cm³/mol. The number of hydrogen-bond donors (Lipinski definition) is 2. The molecule has 2 nitrogen and oxygen atoms in total. The molecule has 0 saturated carbocycles. The maximum atomic E-state index is 13.8. The van der Waals surface area contributed by atoms with Gasteiger partial charge in [0, 0.05) is 11.1 Å². The van der Waals surface area contributed by atoms with E-state index in [4.69, 9.17) is 17.4 Å². The molecule has 0 aliphatic rings. The van der Waals surface area contributed by atoms with Crippen LogP contribution in [0.2, 0.25) is 5.02 Å². The topological polar surface area (TPSA) is 38.0 Å². The summed E-state index contributed by atoms with van der Waals surface area (Å²) in [6.45, 7) is 8.90. The normalized spacial score (nSPS) is 15.2. The Hall–Kier alpha value is -0.640. The Bertz CT molecular complexity index is 429. The Labute approximate surface area is 126 Å². The minimum absolute atomic E-state index is 0.0722. The Morgan fingerprint density at radius 3 is 2.50 bits per heavy atom. The first-order chi connectivity index (χ1) is 9.21. The van der Waals surface area contributed by atoms with Crippen molar-refractivity contribution in [2.24, 2.45) is 17.2 Å². The first-order valence-electron chi connectivity index (χ1n) is 7.11. The summed E-state index contributed by atoms with van der Waals surface area (Å²) in [7, 11) is 0. The van der Waals surface area contributed by atoms with Gasteiger partial charge in [-0.2, -0.15) is 0 Å². The molecule has 1 aromatic rings. The van der Waals surface area contributed by atoms with Crippen molar-refractivity contribution < 1.29 is 4.39 Å². The van der Waals surface area contributed by atoms with Gasteiger partial charge in [0.05, 0.1) is 0 Å². The lowest BCUT2D eigenvalue weighted by molar-refractivity contribution is 0.274. The van der Waals surface area contributed by atoms with Gasteiger partial charge in [-0.1, -0.05) is 45.4 Å². The van der Waals surface area contributed by atoms with Crippen molar-refractivity contribution in [3.63, 3.8) is 0 Å². The molecular formula is C16H26ClFN2. The van der Waals surface area contributed by atoms with Crippen LogP contribution in [0.5, 0.6) is 0 Å². The monoisotopic (exact) mass is 300 g/mol. The van der Waals surface area contributed by atoms with E-state index in [0.29, 0.717) is 28.3 Å². The second kappa shape index (κ2) is 7.39. The quantitative estimate of drug-likeness (QED) is 0.606. The molecule has 0 heterocycles. The third-order valence-electron chi connectivity index (χ3n) is 3.36. The number of benzene rings is 1. The smallest absolute Gasteiger partial charge is 0.127 e. The van der Waals surface area contributed by atoms with Gasteiger partial charge in [-0.05, 0) is 48.3 Å². The van der Waals surface area contributed by atoms with Crippen molar-refractivity contribution >= 4 is 11.6 Å². The molecule has 0 spiro atoms. The van der Waals surface area contributed by atoms with Gasteiger partial charge in [0.15, 0.2) is 0 Å². The highest BCUT2D eigenvalue weighted by atomic mass is 35.5. The largest absolute Gasteiger partial charge is 0.271 e. The third kappa shape index (κ3) is 6.21. The van der Waals surface area contributed by atoms with Crippen molar-refractivity contribution in [2.75, 3.05) is 0 Å². The molecule has 0 bridgehead atoms. The molecule has 0 aliphatic heterocycles. The number of rotatable bonds is 6. The summed E-state index contributed by atoms with van der Waals surface area (Å²) in [4.78, 5) is 0. The van der Waals surface area contributed by atoms with Gasteiger partial charge in [0.1, 0.15) is 5.82 Å². The zero-order chi connectivity index (χ0) is 15.3. The molecule has 3 N–H and O–H groups in total. The van der Waals surface area contributed by atoms with Gasteiger partial charge >= 0.3 is 0 Å². The van der Waals surface area contributed by atoms with Crippen LogP contribution in [-0.2, 0) is 6.42 Å². The Morgan fingerprint density at radius 1 is 1.35 bits per heavy atom. The Balaban J connectivity index is 2.63. The summed E-state index contributed by atoms with van der Waals surface area (Å²) >= 11 is 5.76. The fourth-order valence-corrected chi connectivity index (χ4v) is 2.94. The standard InChI is InChI=1S/C16H26ClFN2/c1-11(10-16(2,3)4)7-14(20-19)8-12-5-6-13(17)9-15(12)18/h5-6,9,11,14,20H,7-8,10,19H2,1-4H3. The van der Waals surface area contributed by atoms with E-state index in [1.807, 2.05) is 0 Å². The maximum absolute atomic E-state index is 13.8. The maximum Gasteiger partial charge on any atom is 0.127 e. The summed E-state index contributed by atoms with van der Waals surface area (Å²) < 4.78 is 13.8. The van der Waals surface area contributed by atoms with Crippen LogP contribution in [0.4, 0.5) is 4.39 Å². The van der Waals surface area contributed by atoms with E-state index < -0.39 is 0 Å². The van der Waals surface area contributed by atoms with E-state index in [-0.39, 0.29) is 11.9 Å². The number of nitrogens with two attached hydrogens (primary N) is 1. The minimum atomic E-state index is -0.263. The van der Waals surface area contributed by atoms with Crippen molar-refractivity contribution in [3.8, 4) is 0 Å². The molecule has 4 heteroatoms. The van der Waals surface area contributed by atoms with Crippen molar-refractivity contribution in [2.45, 2.75) is 53.0 Å². The predicted octanol–water partition coefficient (Wildman–Crippen LogP) is 4.32. The molecule has 0 amide bonds. The van der Waals surface area contributed by atoms with E-state index in [1.54, 1.807) is 12.1 Å². The average Bonchev–Trinajstić information content (AvgIpc) is 2.29. The summed E-state index contributed by atoms with van der Waals surface area (Å²) in [6, 6.07) is 4.87. The van der Waals surface area contributed by atoms with E-state index in [9.17, 15) is 4.39 Å². The molecule has 2 unspecified atom stereocenters. The molecule has 0 saturated heterocycles. The summed E-state index contributed by atoms with van der Waals surface area (Å²) in [5.74, 6) is 5.89. The molecule has 114 valence electrons. The molecule has 0 aliphatic carbocycles.